The highest BCUT2D eigenvalue weighted by Gasteiger charge is 2.32. The summed E-state index contributed by atoms with van der Waals surface area (Å²) in [7, 11) is 4.53. The number of nitrogens with zero attached hydrogens (tertiary/aromatic N) is 3. The average Bonchev–Trinajstić information content (AvgIpc) is 2.90. The Bertz CT molecular complexity index is 1290. The summed E-state index contributed by atoms with van der Waals surface area (Å²) in [4.78, 5) is 34.1. The lowest BCUT2D eigenvalue weighted by Crippen LogP contribution is -2.26. The summed E-state index contributed by atoms with van der Waals surface area (Å²) < 4.78 is 20.9. The van der Waals surface area contributed by atoms with E-state index >= 15 is 0 Å². The lowest BCUT2D eigenvalue weighted by Gasteiger charge is -2.16. The SMILES string of the molecule is CCOC(=O)C(C#N)C(=O)c1cnc(Nc2ccccc2OC)nc1Nc1ccc(OC)cc1OC. The second kappa shape index (κ2) is 12.0. The third-order valence-electron chi connectivity index (χ3n) is 4.98. The average molecular weight is 492 g/mol. The van der Waals surface area contributed by atoms with Crippen LogP contribution in [0.2, 0.25) is 0 Å². The van der Waals surface area contributed by atoms with Crippen molar-refractivity contribution in [2.45, 2.75) is 6.92 Å². The predicted octanol–water partition coefficient (Wildman–Crippen LogP) is 3.88. The monoisotopic (exact) mass is 491 g/mol. The van der Waals surface area contributed by atoms with Crippen LogP contribution in [0.1, 0.15) is 17.3 Å². The molecule has 36 heavy (non-hydrogen) atoms. The summed E-state index contributed by atoms with van der Waals surface area (Å²) in [5, 5.41) is 15.6. The smallest absolute Gasteiger partial charge is 0.331 e. The summed E-state index contributed by atoms with van der Waals surface area (Å²) in [6.07, 6.45) is 1.23. The topological polar surface area (TPSA) is 145 Å². The first-order chi connectivity index (χ1) is 17.4. The lowest BCUT2D eigenvalue weighted by atomic mass is 10.0. The van der Waals surface area contributed by atoms with Gasteiger partial charge < -0.3 is 29.6 Å². The number of esters is 1. The van der Waals surface area contributed by atoms with Gasteiger partial charge in [-0.3, -0.25) is 9.59 Å². The fraction of sp³-hybridized carbons (Fsp3) is 0.240. The van der Waals surface area contributed by atoms with Crippen molar-refractivity contribution >= 4 is 34.9 Å². The molecule has 1 atom stereocenters. The van der Waals surface area contributed by atoms with Gasteiger partial charge in [-0.05, 0) is 31.2 Å². The molecular weight excluding hydrogens is 466 g/mol. The van der Waals surface area contributed by atoms with Crippen molar-refractivity contribution in [3.63, 3.8) is 0 Å². The van der Waals surface area contributed by atoms with Crippen molar-refractivity contribution in [1.82, 2.24) is 9.97 Å². The van der Waals surface area contributed by atoms with Crippen LogP contribution in [0.3, 0.4) is 0 Å². The Hall–Kier alpha value is -4.85. The van der Waals surface area contributed by atoms with Gasteiger partial charge in [0.25, 0.3) is 0 Å². The number of Topliss-reactive ketones (excluding diaryl/α,β-unsaturated/α-hetero) is 1. The third-order valence-corrected chi connectivity index (χ3v) is 4.98. The molecule has 1 aromatic heterocycles. The van der Waals surface area contributed by atoms with E-state index in [1.807, 2.05) is 6.07 Å². The Morgan fingerprint density at radius 1 is 1.00 bits per heavy atom. The first-order valence-electron chi connectivity index (χ1n) is 10.8. The van der Waals surface area contributed by atoms with Crippen LogP contribution in [0.15, 0.2) is 48.7 Å². The highest BCUT2D eigenvalue weighted by molar-refractivity contribution is 6.13. The van der Waals surface area contributed by atoms with E-state index in [0.717, 1.165) is 0 Å². The number of nitrogens with one attached hydrogen (secondary N) is 2. The molecule has 0 aliphatic rings. The molecule has 0 amide bonds. The fourth-order valence-electron chi connectivity index (χ4n) is 3.21. The summed E-state index contributed by atoms with van der Waals surface area (Å²) in [5.74, 6) is -1.74. The maximum atomic E-state index is 13.2. The number of hydrogen-bond donors (Lipinski definition) is 2. The standard InChI is InChI=1S/C25H25N5O6/c1-5-36-24(32)16(13-26)22(31)17-14-27-25(29-18-8-6-7-9-20(18)34-3)30-23(17)28-19-11-10-15(33-2)12-21(19)35-4/h6-12,14,16H,5H2,1-4H3,(H2,27,28,29,30). The van der Waals surface area contributed by atoms with E-state index in [-0.39, 0.29) is 23.9 Å². The van der Waals surface area contributed by atoms with Crippen molar-refractivity contribution in [3.05, 3.63) is 54.2 Å². The zero-order chi connectivity index (χ0) is 26.1. The van der Waals surface area contributed by atoms with Gasteiger partial charge in [-0.15, -0.1) is 0 Å². The number of methoxy groups -OCH3 is 3. The number of carbonyl (C=O) groups is 2. The van der Waals surface area contributed by atoms with E-state index in [1.54, 1.807) is 49.4 Å². The van der Waals surface area contributed by atoms with Gasteiger partial charge in [0.1, 0.15) is 23.1 Å². The van der Waals surface area contributed by atoms with Crippen LogP contribution in [0.4, 0.5) is 23.1 Å². The molecule has 1 unspecified atom stereocenters. The molecule has 3 rings (SSSR count). The van der Waals surface area contributed by atoms with Gasteiger partial charge in [0.05, 0.1) is 50.9 Å². The van der Waals surface area contributed by atoms with Crippen LogP contribution in [-0.4, -0.2) is 49.7 Å². The van der Waals surface area contributed by atoms with Gasteiger partial charge >= 0.3 is 5.97 Å². The first kappa shape index (κ1) is 25.8. The van der Waals surface area contributed by atoms with E-state index in [2.05, 4.69) is 20.6 Å². The molecule has 2 aromatic carbocycles. The molecule has 11 nitrogen and oxygen atoms in total. The molecule has 186 valence electrons. The number of ketones is 1. The normalized spacial score (nSPS) is 11.0. The minimum atomic E-state index is -1.68. The molecule has 0 radical (unpaired) electrons. The lowest BCUT2D eigenvalue weighted by molar-refractivity contribution is -0.144. The van der Waals surface area contributed by atoms with Crippen LogP contribution in [0.5, 0.6) is 17.2 Å². The van der Waals surface area contributed by atoms with Crippen LogP contribution >= 0.6 is 0 Å². The molecule has 1 heterocycles. The molecule has 0 fully saturated rings. The number of nitriles is 1. The van der Waals surface area contributed by atoms with E-state index < -0.39 is 17.7 Å². The molecule has 3 aromatic rings. The van der Waals surface area contributed by atoms with Crippen LogP contribution in [0.25, 0.3) is 0 Å². The second-order valence-electron chi connectivity index (χ2n) is 7.15. The number of rotatable bonds is 11. The number of para-hydroxylation sites is 2. The van der Waals surface area contributed by atoms with Crippen LogP contribution in [0, 0.1) is 17.2 Å². The molecule has 0 aliphatic heterocycles. The summed E-state index contributed by atoms with van der Waals surface area (Å²) in [6.45, 7) is 1.61. The van der Waals surface area contributed by atoms with Gasteiger partial charge in [0, 0.05) is 12.3 Å². The molecule has 0 aliphatic carbocycles. The van der Waals surface area contributed by atoms with Crippen molar-refractivity contribution in [2.75, 3.05) is 38.6 Å². The van der Waals surface area contributed by atoms with Crippen LogP contribution < -0.4 is 24.8 Å². The van der Waals surface area contributed by atoms with Gasteiger partial charge in [-0.1, -0.05) is 12.1 Å². The van der Waals surface area contributed by atoms with E-state index in [4.69, 9.17) is 18.9 Å². The predicted molar refractivity (Wildman–Crippen MR) is 131 cm³/mol. The maximum Gasteiger partial charge on any atom is 0.331 e. The minimum absolute atomic E-state index is 0.0245. The van der Waals surface area contributed by atoms with Gasteiger partial charge in [-0.25, -0.2) is 4.98 Å². The minimum Gasteiger partial charge on any atom is -0.497 e. The van der Waals surface area contributed by atoms with Crippen LogP contribution in [-0.2, 0) is 9.53 Å². The zero-order valence-electron chi connectivity index (χ0n) is 20.2. The molecule has 0 saturated heterocycles. The highest BCUT2D eigenvalue weighted by atomic mass is 16.5. The van der Waals surface area contributed by atoms with E-state index in [9.17, 15) is 14.9 Å². The largest absolute Gasteiger partial charge is 0.497 e. The Balaban J connectivity index is 2.07. The first-order valence-corrected chi connectivity index (χ1v) is 10.8. The second-order valence-corrected chi connectivity index (χ2v) is 7.15. The Labute approximate surface area is 208 Å². The molecular formula is C25H25N5O6. The van der Waals surface area contributed by atoms with Gasteiger partial charge in [0.2, 0.25) is 11.9 Å². The summed E-state index contributed by atoms with van der Waals surface area (Å²) in [6, 6.07) is 13.9. The molecule has 11 heteroatoms. The van der Waals surface area contributed by atoms with Gasteiger partial charge in [0.15, 0.2) is 5.78 Å². The number of ether oxygens (including phenoxy) is 4. The quantitative estimate of drug-likeness (QED) is 0.229. The molecule has 2 N–H and O–H groups in total. The number of benzene rings is 2. The number of hydrogen-bond acceptors (Lipinski definition) is 11. The number of anilines is 4. The van der Waals surface area contributed by atoms with Crippen molar-refractivity contribution in [1.29, 1.82) is 5.26 Å². The van der Waals surface area contributed by atoms with E-state index in [0.29, 0.717) is 28.6 Å². The molecule has 0 spiro atoms. The van der Waals surface area contributed by atoms with E-state index in [1.165, 1.54) is 27.5 Å². The Morgan fingerprint density at radius 2 is 1.72 bits per heavy atom. The number of aromatic nitrogens is 2. The Kier molecular flexibility index (Phi) is 8.61. The number of carbonyl (C=O) groups excluding carboxylic acids is 2. The third kappa shape index (κ3) is 5.79. The maximum absolute atomic E-state index is 13.2. The summed E-state index contributed by atoms with van der Waals surface area (Å²) >= 11 is 0. The molecule has 0 saturated carbocycles. The van der Waals surface area contributed by atoms with Crippen molar-refractivity contribution in [2.24, 2.45) is 5.92 Å². The highest BCUT2D eigenvalue weighted by Crippen LogP contribution is 2.33. The van der Waals surface area contributed by atoms with Crippen molar-refractivity contribution in [3.8, 4) is 23.3 Å². The summed E-state index contributed by atoms with van der Waals surface area (Å²) in [5.41, 5.74) is 0.963. The zero-order valence-corrected chi connectivity index (χ0v) is 20.2. The van der Waals surface area contributed by atoms with Gasteiger partial charge in [-0.2, -0.15) is 10.2 Å². The van der Waals surface area contributed by atoms with Crippen molar-refractivity contribution < 1.29 is 28.5 Å². The Morgan fingerprint density at radius 3 is 2.39 bits per heavy atom. The fourth-order valence-corrected chi connectivity index (χ4v) is 3.21. The molecule has 0 bridgehead atoms.